The Bertz CT molecular complexity index is 2360. The molecule has 53 heavy (non-hydrogen) atoms. The molecule has 0 spiro atoms. The highest BCUT2D eigenvalue weighted by Gasteiger charge is 2.46. The summed E-state index contributed by atoms with van der Waals surface area (Å²) in [4.78, 5) is 68.8. The Morgan fingerprint density at radius 1 is 0.962 bits per heavy atom. The van der Waals surface area contributed by atoms with Crippen LogP contribution >= 0.6 is 0 Å². The fraction of sp³-hybridized carbons (Fsp3) is 0.400. The van der Waals surface area contributed by atoms with Crippen LogP contribution in [0.25, 0.3) is 22.3 Å². The molecule has 13 nitrogen and oxygen atoms in total. The molecule has 0 fully saturated rings. The van der Waals surface area contributed by atoms with Crippen molar-refractivity contribution in [3.8, 4) is 28.6 Å². The minimum atomic E-state index is -1.92. The number of ether oxygens (including phenoxy) is 4. The van der Waals surface area contributed by atoms with Gasteiger partial charge in [-0.15, -0.1) is 0 Å². The first-order valence-electron chi connectivity index (χ1n) is 17.7. The SMILES string of the molecule is CCc1c2c(nc3ccc(OC(=O)CCC(=O)Oc4c(C)c(C)c5c(c4C)CC[C@](C)(C(=O)O)O5)cc13)-c1cc3c(c(=O)n1C2)COC(=O)[C@]3(O)CC. The van der Waals surface area contributed by atoms with E-state index in [-0.39, 0.29) is 61.3 Å². The molecule has 3 aliphatic heterocycles. The number of aliphatic carboxylic acids is 1. The van der Waals surface area contributed by atoms with Crippen molar-refractivity contribution < 1.29 is 48.3 Å². The predicted molar refractivity (Wildman–Crippen MR) is 190 cm³/mol. The van der Waals surface area contributed by atoms with Gasteiger partial charge in [0.15, 0.2) is 5.60 Å². The molecule has 5 heterocycles. The standard InChI is InChI=1S/C40H40N2O11/c1-7-23-25-15-22(9-10-29(25)41-33-26(23)17-42-30(33)16-28-27(36(42)45)18-50-38(48)40(28,49)8-2)51-31(43)11-12-32(44)52-34-19(3)20(4)35-24(21(34)5)13-14-39(6,53-35)37(46)47/h9-10,15-16,49H,7-8,11-14,17-18H2,1-6H3,(H,46,47)/t39-,40+/m1/s1. The number of benzene rings is 2. The molecule has 2 N–H and O–H groups in total. The summed E-state index contributed by atoms with van der Waals surface area (Å²) in [5, 5.41) is 21.6. The number of rotatable bonds is 8. The predicted octanol–water partition coefficient (Wildman–Crippen LogP) is 5.03. The Balaban J connectivity index is 1.08. The van der Waals surface area contributed by atoms with E-state index in [1.807, 2.05) is 6.92 Å². The molecule has 3 aliphatic rings. The van der Waals surface area contributed by atoms with E-state index < -0.39 is 35.1 Å². The molecule has 2 aromatic carbocycles. The third kappa shape index (κ3) is 5.65. The smallest absolute Gasteiger partial charge is 0.347 e. The maximum atomic E-state index is 13.6. The summed E-state index contributed by atoms with van der Waals surface area (Å²) in [7, 11) is 0. The molecule has 0 radical (unpaired) electrons. The van der Waals surface area contributed by atoms with Crippen molar-refractivity contribution in [2.45, 2.75) is 104 Å². The molecule has 0 amide bonds. The second kappa shape index (κ2) is 12.8. The Labute approximate surface area is 304 Å². The number of fused-ring (bicyclic) bond motifs is 6. The number of nitrogens with zero attached hydrogens (tertiary/aromatic N) is 2. The first-order chi connectivity index (χ1) is 25.1. The highest BCUT2D eigenvalue weighted by atomic mass is 16.6. The fourth-order valence-corrected chi connectivity index (χ4v) is 7.70. The Morgan fingerprint density at radius 2 is 1.68 bits per heavy atom. The second-order valence-electron chi connectivity index (χ2n) is 14.2. The number of carboxylic acids is 1. The second-order valence-corrected chi connectivity index (χ2v) is 14.2. The number of esters is 3. The van der Waals surface area contributed by atoms with Crippen LogP contribution in [0.3, 0.4) is 0 Å². The summed E-state index contributed by atoms with van der Waals surface area (Å²) in [5.74, 6) is -1.93. The van der Waals surface area contributed by atoms with Crippen LogP contribution in [0, 0.1) is 20.8 Å². The van der Waals surface area contributed by atoms with Gasteiger partial charge in [-0.2, -0.15) is 0 Å². The zero-order valence-corrected chi connectivity index (χ0v) is 30.4. The van der Waals surface area contributed by atoms with Gasteiger partial charge in [-0.05, 0) is 93.5 Å². The van der Waals surface area contributed by atoms with Crippen LogP contribution in [0.15, 0.2) is 29.1 Å². The van der Waals surface area contributed by atoms with Crippen molar-refractivity contribution in [1.29, 1.82) is 0 Å². The molecule has 0 bridgehead atoms. The summed E-state index contributed by atoms with van der Waals surface area (Å²) in [5.41, 5.74) is 3.13. The number of cyclic esters (lactones) is 1. The van der Waals surface area contributed by atoms with Gasteiger partial charge < -0.3 is 33.7 Å². The van der Waals surface area contributed by atoms with Gasteiger partial charge in [0, 0.05) is 28.5 Å². The zero-order valence-electron chi connectivity index (χ0n) is 30.4. The molecule has 0 saturated heterocycles. The van der Waals surface area contributed by atoms with E-state index in [0.717, 1.165) is 22.1 Å². The number of carbonyl (C=O) groups excluding carboxylic acids is 3. The van der Waals surface area contributed by atoms with Crippen molar-refractivity contribution >= 4 is 34.8 Å². The normalized spacial score (nSPS) is 19.7. The van der Waals surface area contributed by atoms with Crippen LogP contribution in [-0.2, 0) is 55.5 Å². The van der Waals surface area contributed by atoms with Crippen LogP contribution in [0.2, 0.25) is 0 Å². The van der Waals surface area contributed by atoms with Gasteiger partial charge in [0.1, 0.15) is 23.9 Å². The van der Waals surface area contributed by atoms with Crippen molar-refractivity contribution in [2.75, 3.05) is 0 Å². The van der Waals surface area contributed by atoms with E-state index in [1.165, 1.54) is 0 Å². The van der Waals surface area contributed by atoms with Crippen molar-refractivity contribution in [1.82, 2.24) is 9.55 Å². The van der Waals surface area contributed by atoms with Crippen LogP contribution in [0.5, 0.6) is 17.2 Å². The molecular formula is C40H40N2O11. The molecule has 13 heteroatoms. The third-order valence-corrected chi connectivity index (χ3v) is 11.1. The highest BCUT2D eigenvalue weighted by molar-refractivity contribution is 5.91. The van der Waals surface area contributed by atoms with Gasteiger partial charge in [0.05, 0.1) is 41.9 Å². The van der Waals surface area contributed by atoms with Crippen molar-refractivity contribution in [2.24, 2.45) is 0 Å². The van der Waals surface area contributed by atoms with Gasteiger partial charge in [-0.3, -0.25) is 14.4 Å². The summed E-state index contributed by atoms with van der Waals surface area (Å²) in [6, 6.07) is 6.72. The minimum Gasteiger partial charge on any atom is -0.478 e. The summed E-state index contributed by atoms with van der Waals surface area (Å²) < 4.78 is 24.1. The lowest BCUT2D eigenvalue weighted by molar-refractivity contribution is -0.172. The monoisotopic (exact) mass is 724 g/mol. The topological polar surface area (TPSA) is 181 Å². The average Bonchev–Trinajstić information content (AvgIpc) is 3.50. The molecule has 2 atom stereocenters. The third-order valence-electron chi connectivity index (χ3n) is 11.1. The molecule has 0 saturated carbocycles. The Morgan fingerprint density at radius 3 is 2.36 bits per heavy atom. The lowest BCUT2D eigenvalue weighted by Crippen LogP contribution is -2.44. The number of carboxylic acid groups (broad SMARTS) is 1. The van der Waals surface area contributed by atoms with Gasteiger partial charge in [0.25, 0.3) is 5.56 Å². The summed E-state index contributed by atoms with van der Waals surface area (Å²) in [6.45, 7) is 10.6. The maximum Gasteiger partial charge on any atom is 0.347 e. The van der Waals surface area contributed by atoms with Crippen LogP contribution in [0.1, 0.15) is 91.0 Å². The number of pyridine rings is 2. The van der Waals surface area contributed by atoms with Crippen LogP contribution < -0.4 is 19.8 Å². The molecule has 276 valence electrons. The summed E-state index contributed by atoms with van der Waals surface area (Å²) >= 11 is 0. The fourth-order valence-electron chi connectivity index (χ4n) is 7.70. The highest BCUT2D eigenvalue weighted by Crippen LogP contribution is 2.44. The van der Waals surface area contributed by atoms with E-state index in [9.17, 15) is 34.2 Å². The van der Waals surface area contributed by atoms with Crippen LogP contribution in [-0.4, -0.2) is 49.2 Å². The molecule has 4 aromatic rings. The number of hydrogen-bond acceptors (Lipinski definition) is 11. The summed E-state index contributed by atoms with van der Waals surface area (Å²) in [6.07, 6.45) is 0.874. The molecule has 7 rings (SSSR count). The number of hydrogen-bond donors (Lipinski definition) is 2. The van der Waals surface area contributed by atoms with Crippen molar-refractivity contribution in [3.63, 3.8) is 0 Å². The zero-order chi connectivity index (χ0) is 38.1. The van der Waals surface area contributed by atoms with Gasteiger partial charge in [-0.25, -0.2) is 14.6 Å². The lowest BCUT2D eigenvalue weighted by Gasteiger charge is -2.35. The lowest BCUT2D eigenvalue weighted by atomic mass is 9.86. The number of aryl methyl sites for hydroxylation is 1. The molecular weight excluding hydrogens is 684 g/mol. The van der Waals surface area contributed by atoms with Gasteiger partial charge in [0.2, 0.25) is 5.60 Å². The number of carbonyl (C=O) groups is 4. The Kier molecular flexibility index (Phi) is 8.67. The van der Waals surface area contributed by atoms with E-state index in [1.54, 1.807) is 63.5 Å². The Hall–Kier alpha value is -5.56. The van der Waals surface area contributed by atoms with E-state index in [0.29, 0.717) is 57.9 Å². The first-order valence-corrected chi connectivity index (χ1v) is 17.7. The van der Waals surface area contributed by atoms with E-state index >= 15 is 0 Å². The van der Waals surface area contributed by atoms with Crippen molar-refractivity contribution in [3.05, 3.63) is 79.1 Å². The number of aliphatic hydroxyl groups is 1. The van der Waals surface area contributed by atoms with E-state index in [2.05, 4.69) is 0 Å². The molecule has 0 aliphatic carbocycles. The quantitative estimate of drug-likeness (QED) is 0.161. The number of aromatic nitrogens is 2. The average molecular weight is 725 g/mol. The van der Waals surface area contributed by atoms with Gasteiger partial charge >= 0.3 is 23.9 Å². The largest absolute Gasteiger partial charge is 0.478 e. The van der Waals surface area contributed by atoms with Gasteiger partial charge in [-0.1, -0.05) is 13.8 Å². The minimum absolute atomic E-state index is 0.0449. The molecule has 2 aromatic heterocycles. The maximum absolute atomic E-state index is 13.6. The van der Waals surface area contributed by atoms with E-state index in [4.69, 9.17) is 23.9 Å². The first kappa shape index (κ1) is 35.8. The molecule has 0 unspecified atom stereocenters. The van der Waals surface area contributed by atoms with Crippen LogP contribution in [0.4, 0.5) is 0 Å².